The number of benzene rings is 4. The van der Waals surface area contributed by atoms with Crippen molar-refractivity contribution in [2.75, 3.05) is 0 Å². The SMILES string of the molecule is CC(C)Cc1ccc2c(c1)cc1c3c(nccc32)-c2cc3ccccc3c(C(C)(C)C)c2O1. The lowest BCUT2D eigenvalue weighted by atomic mass is 9.80. The van der Waals surface area contributed by atoms with E-state index in [1.807, 2.05) is 6.20 Å². The minimum atomic E-state index is -0.0718. The van der Waals surface area contributed by atoms with Gasteiger partial charge in [0.1, 0.15) is 11.5 Å². The van der Waals surface area contributed by atoms with Gasteiger partial charge in [0.25, 0.3) is 0 Å². The molecular weight excluding hydrogens is 402 g/mol. The Morgan fingerprint density at radius 1 is 0.848 bits per heavy atom. The molecule has 0 radical (unpaired) electrons. The smallest absolute Gasteiger partial charge is 0.141 e. The Balaban J connectivity index is 1.70. The summed E-state index contributed by atoms with van der Waals surface area (Å²) in [6.45, 7) is 11.3. The molecule has 2 heterocycles. The molecule has 0 unspecified atom stereocenters. The number of aromatic nitrogens is 1. The fraction of sp³-hybridized carbons (Fsp3) is 0.258. The largest absolute Gasteiger partial charge is 0.456 e. The molecule has 1 aliphatic rings. The van der Waals surface area contributed by atoms with Gasteiger partial charge in [-0.2, -0.15) is 0 Å². The fourth-order valence-electron chi connectivity index (χ4n) is 5.47. The Morgan fingerprint density at radius 3 is 2.45 bits per heavy atom. The summed E-state index contributed by atoms with van der Waals surface area (Å²) in [6, 6.07) is 22.1. The van der Waals surface area contributed by atoms with Gasteiger partial charge in [0.15, 0.2) is 0 Å². The van der Waals surface area contributed by atoms with Crippen LogP contribution in [0.25, 0.3) is 43.6 Å². The van der Waals surface area contributed by atoms with Gasteiger partial charge in [0.2, 0.25) is 0 Å². The first-order valence-electron chi connectivity index (χ1n) is 11.9. The summed E-state index contributed by atoms with van der Waals surface area (Å²) in [6.07, 6.45) is 3.03. The monoisotopic (exact) mass is 431 g/mol. The molecule has 1 aromatic heterocycles. The number of hydrogen-bond acceptors (Lipinski definition) is 2. The lowest BCUT2D eigenvalue weighted by Crippen LogP contribution is -2.15. The minimum absolute atomic E-state index is 0.0718. The molecule has 2 nitrogen and oxygen atoms in total. The Bertz CT molecular complexity index is 1570. The maximum atomic E-state index is 6.80. The van der Waals surface area contributed by atoms with E-state index in [0.717, 1.165) is 34.6 Å². The molecule has 4 aromatic carbocycles. The van der Waals surface area contributed by atoms with Crippen LogP contribution in [0.15, 0.2) is 66.9 Å². The quantitative estimate of drug-likeness (QED) is 0.256. The summed E-state index contributed by atoms with van der Waals surface area (Å²) in [5, 5.41) is 7.29. The predicted molar refractivity (Wildman–Crippen MR) is 140 cm³/mol. The van der Waals surface area contributed by atoms with Crippen LogP contribution in [0.5, 0.6) is 11.5 Å². The first-order valence-corrected chi connectivity index (χ1v) is 11.9. The Hall–Kier alpha value is -3.39. The van der Waals surface area contributed by atoms with Gasteiger partial charge in [0.05, 0.1) is 11.1 Å². The Labute approximate surface area is 195 Å². The van der Waals surface area contributed by atoms with Crippen LogP contribution in [-0.4, -0.2) is 4.98 Å². The molecule has 6 rings (SSSR count). The molecule has 0 fully saturated rings. The Kier molecular flexibility index (Phi) is 4.32. The summed E-state index contributed by atoms with van der Waals surface area (Å²) >= 11 is 0. The highest BCUT2D eigenvalue weighted by atomic mass is 16.5. The van der Waals surface area contributed by atoms with Crippen LogP contribution in [0, 0.1) is 5.92 Å². The summed E-state index contributed by atoms with van der Waals surface area (Å²) in [7, 11) is 0. The molecule has 5 aromatic rings. The Morgan fingerprint density at radius 2 is 1.67 bits per heavy atom. The number of ether oxygens (including phenoxy) is 1. The van der Waals surface area contributed by atoms with Crippen molar-refractivity contribution in [3.8, 4) is 22.8 Å². The third-order valence-corrected chi connectivity index (χ3v) is 6.75. The van der Waals surface area contributed by atoms with Crippen LogP contribution in [0.2, 0.25) is 0 Å². The van der Waals surface area contributed by atoms with E-state index in [9.17, 15) is 0 Å². The van der Waals surface area contributed by atoms with E-state index >= 15 is 0 Å². The van der Waals surface area contributed by atoms with Crippen molar-refractivity contribution in [3.05, 3.63) is 78.0 Å². The minimum Gasteiger partial charge on any atom is -0.456 e. The zero-order chi connectivity index (χ0) is 22.9. The molecule has 0 amide bonds. The van der Waals surface area contributed by atoms with Crippen LogP contribution in [-0.2, 0) is 11.8 Å². The fourth-order valence-corrected chi connectivity index (χ4v) is 5.47. The van der Waals surface area contributed by atoms with Gasteiger partial charge in [-0.25, -0.2) is 0 Å². The van der Waals surface area contributed by atoms with Crippen molar-refractivity contribution in [1.82, 2.24) is 4.98 Å². The number of hydrogen-bond donors (Lipinski definition) is 0. The number of fused-ring (bicyclic) bond motifs is 5. The van der Waals surface area contributed by atoms with Crippen LogP contribution in [0.4, 0.5) is 0 Å². The highest BCUT2D eigenvalue weighted by Crippen LogP contribution is 2.52. The highest BCUT2D eigenvalue weighted by Gasteiger charge is 2.30. The van der Waals surface area contributed by atoms with Gasteiger partial charge in [-0.15, -0.1) is 0 Å². The van der Waals surface area contributed by atoms with E-state index in [0.29, 0.717) is 5.92 Å². The van der Waals surface area contributed by atoms with E-state index in [2.05, 4.69) is 95.3 Å². The van der Waals surface area contributed by atoms with E-state index in [1.54, 1.807) is 0 Å². The first-order chi connectivity index (χ1) is 15.8. The van der Waals surface area contributed by atoms with Crippen molar-refractivity contribution in [3.63, 3.8) is 0 Å². The predicted octanol–water partition coefficient (Wildman–Crippen LogP) is 8.81. The number of nitrogens with zero attached hydrogens (tertiary/aromatic N) is 1. The van der Waals surface area contributed by atoms with E-state index in [4.69, 9.17) is 9.72 Å². The number of pyridine rings is 1. The standard InChI is InChI=1S/C31H29NO/c1-18(2)14-19-10-11-22-21(15-19)17-26-27-24(22)12-13-32-29(27)25-16-20-8-6-7-9-23(20)28(30(25)33-26)31(3,4)5/h6-13,15-18H,14H2,1-5H3. The van der Waals surface area contributed by atoms with Crippen LogP contribution in [0.1, 0.15) is 45.7 Å². The molecule has 0 saturated carbocycles. The van der Waals surface area contributed by atoms with Gasteiger partial charge in [0, 0.05) is 17.3 Å². The van der Waals surface area contributed by atoms with Crippen molar-refractivity contribution >= 4 is 32.3 Å². The average Bonchev–Trinajstić information content (AvgIpc) is 2.76. The summed E-state index contributed by atoms with van der Waals surface area (Å²) in [5.41, 5.74) is 4.66. The first kappa shape index (κ1) is 20.2. The third kappa shape index (κ3) is 3.12. The molecule has 164 valence electrons. The second kappa shape index (κ2) is 7.05. The summed E-state index contributed by atoms with van der Waals surface area (Å²) in [5.74, 6) is 2.49. The van der Waals surface area contributed by atoms with Crippen molar-refractivity contribution in [1.29, 1.82) is 0 Å². The second-order valence-corrected chi connectivity index (χ2v) is 10.8. The van der Waals surface area contributed by atoms with Gasteiger partial charge in [-0.1, -0.05) is 77.1 Å². The zero-order valence-electron chi connectivity index (χ0n) is 20.0. The molecular formula is C31H29NO. The van der Waals surface area contributed by atoms with Gasteiger partial charge in [-0.3, -0.25) is 4.98 Å². The maximum absolute atomic E-state index is 6.80. The topological polar surface area (TPSA) is 22.1 Å². The zero-order valence-corrected chi connectivity index (χ0v) is 20.0. The van der Waals surface area contributed by atoms with Gasteiger partial charge < -0.3 is 4.74 Å². The van der Waals surface area contributed by atoms with Gasteiger partial charge in [-0.05, 0) is 68.4 Å². The maximum Gasteiger partial charge on any atom is 0.141 e. The molecule has 0 N–H and O–H groups in total. The van der Waals surface area contributed by atoms with E-state index in [1.165, 1.54) is 38.1 Å². The summed E-state index contributed by atoms with van der Waals surface area (Å²) < 4.78 is 6.80. The van der Waals surface area contributed by atoms with Gasteiger partial charge >= 0.3 is 0 Å². The highest BCUT2D eigenvalue weighted by molar-refractivity contribution is 6.16. The van der Waals surface area contributed by atoms with Crippen LogP contribution in [0.3, 0.4) is 0 Å². The lowest BCUT2D eigenvalue weighted by Gasteiger charge is -2.30. The van der Waals surface area contributed by atoms with Crippen molar-refractivity contribution < 1.29 is 4.74 Å². The molecule has 0 aliphatic carbocycles. The van der Waals surface area contributed by atoms with E-state index < -0.39 is 0 Å². The molecule has 0 saturated heterocycles. The number of rotatable bonds is 2. The molecule has 33 heavy (non-hydrogen) atoms. The second-order valence-electron chi connectivity index (χ2n) is 10.8. The molecule has 1 aliphatic heterocycles. The normalized spacial score (nSPS) is 13.0. The summed E-state index contributed by atoms with van der Waals surface area (Å²) in [4.78, 5) is 4.89. The van der Waals surface area contributed by atoms with Crippen molar-refractivity contribution in [2.24, 2.45) is 5.92 Å². The van der Waals surface area contributed by atoms with Crippen molar-refractivity contribution in [2.45, 2.75) is 46.5 Å². The average molecular weight is 432 g/mol. The third-order valence-electron chi connectivity index (χ3n) is 6.75. The molecule has 0 atom stereocenters. The molecule has 2 heteroatoms. The van der Waals surface area contributed by atoms with E-state index in [-0.39, 0.29) is 5.41 Å². The molecule has 0 spiro atoms. The lowest BCUT2D eigenvalue weighted by molar-refractivity contribution is 0.461. The molecule has 0 bridgehead atoms. The van der Waals surface area contributed by atoms with Crippen LogP contribution >= 0.6 is 0 Å². The van der Waals surface area contributed by atoms with Crippen LogP contribution < -0.4 is 4.74 Å².